The van der Waals surface area contributed by atoms with Crippen LogP contribution in [0.1, 0.15) is 53.5 Å². The standard InChI is InChI=1S/C26H26N3O/c27-15-22-20-13-16-5-1-9-28-11-3-7-18(23(16)28)25(20)30-26-19-8-4-12-29-10-2-6-17(24(19)29)14-21(22)26/h13-14H,1-12H2/q+1/i15+0,27+1. The zero-order valence-electron chi connectivity index (χ0n) is 17.4. The van der Waals surface area contributed by atoms with E-state index < -0.39 is 0 Å². The minimum atomic E-state index is 0.828. The van der Waals surface area contributed by atoms with E-state index in [0.29, 0.717) is 0 Å². The van der Waals surface area contributed by atoms with Crippen LogP contribution in [0.3, 0.4) is 0 Å². The fourth-order valence-electron chi connectivity index (χ4n) is 6.63. The number of anilines is 1. The molecule has 0 N–H and O–H groups in total. The van der Waals surface area contributed by atoms with Gasteiger partial charge in [0.25, 0.3) is 0 Å². The second-order valence-corrected chi connectivity index (χ2v) is 9.46. The number of hydrogen-bond acceptors (Lipinski definition) is 3. The number of ether oxygens (including phenoxy) is 1. The SMILES string of the molecule is [15N]#[12C]C1=c2cc3c4c(c2Oc2c1cc1c5c2CCCN5CCC1)CCC[N+]=4CCC3. The first-order valence-electron chi connectivity index (χ1n) is 11.7. The lowest BCUT2D eigenvalue weighted by molar-refractivity contribution is 0.431. The van der Waals surface area contributed by atoms with Gasteiger partial charge in [-0.3, -0.25) is 0 Å². The Bertz CT molecular complexity index is 1290. The molecule has 0 atom stereocenters. The first-order valence-corrected chi connectivity index (χ1v) is 11.7. The first kappa shape index (κ1) is 16.9. The number of nitrogens with zero attached hydrogens (tertiary/aromatic N) is 3. The monoisotopic (exact) mass is 397 g/mol. The highest BCUT2D eigenvalue weighted by Crippen LogP contribution is 2.47. The Labute approximate surface area is 176 Å². The fourth-order valence-corrected chi connectivity index (χ4v) is 6.63. The van der Waals surface area contributed by atoms with Crippen molar-refractivity contribution in [1.29, 1.82) is 5.26 Å². The lowest BCUT2D eigenvalue weighted by Gasteiger charge is -2.39. The smallest absolute Gasteiger partial charge is 0.210 e. The van der Waals surface area contributed by atoms with E-state index in [-0.39, 0.29) is 0 Å². The molecule has 2 aromatic carbocycles. The van der Waals surface area contributed by atoms with Gasteiger partial charge in [0.1, 0.15) is 30.7 Å². The molecule has 0 saturated carbocycles. The summed E-state index contributed by atoms with van der Waals surface area (Å²) < 4.78 is 9.38. The van der Waals surface area contributed by atoms with Gasteiger partial charge in [-0.15, -0.1) is 0 Å². The number of rotatable bonds is 0. The molecule has 0 unspecified atom stereocenters. The summed E-state index contributed by atoms with van der Waals surface area (Å²) in [4.78, 5) is 2.56. The number of hydrogen-bond donors (Lipinski definition) is 0. The predicted molar refractivity (Wildman–Crippen MR) is 117 cm³/mol. The minimum Gasteiger partial charge on any atom is -0.455 e. The van der Waals surface area contributed by atoms with Gasteiger partial charge in [-0.25, -0.2) is 4.58 Å². The molecule has 0 fully saturated rings. The van der Waals surface area contributed by atoms with Crippen LogP contribution in [-0.4, -0.2) is 26.2 Å². The third-order valence-corrected chi connectivity index (χ3v) is 7.80. The molecule has 0 spiro atoms. The van der Waals surface area contributed by atoms with Crippen molar-refractivity contribution in [2.24, 2.45) is 0 Å². The maximum Gasteiger partial charge on any atom is 0.210 e. The van der Waals surface area contributed by atoms with Crippen molar-refractivity contribution >= 4 is 11.3 Å². The molecule has 0 aromatic heterocycles. The average molecular weight is 397 g/mol. The van der Waals surface area contributed by atoms with Crippen LogP contribution in [-0.2, 0) is 25.7 Å². The molecule has 30 heavy (non-hydrogen) atoms. The lowest BCUT2D eigenvalue weighted by Crippen LogP contribution is -2.45. The van der Waals surface area contributed by atoms with Crippen molar-refractivity contribution in [3.63, 3.8) is 0 Å². The highest BCUT2D eigenvalue weighted by molar-refractivity contribution is 5.87. The molecule has 2 aromatic rings. The maximum atomic E-state index is 10.3. The van der Waals surface area contributed by atoms with Crippen LogP contribution in [0, 0.1) is 11.3 Å². The van der Waals surface area contributed by atoms with E-state index in [1.165, 1.54) is 59.0 Å². The van der Waals surface area contributed by atoms with Crippen LogP contribution in [0.5, 0.6) is 11.5 Å². The summed E-state index contributed by atoms with van der Waals surface area (Å²) in [6, 6.07) is 7.16. The molecular weight excluding hydrogens is 371 g/mol. The van der Waals surface area contributed by atoms with Crippen LogP contribution in [0.2, 0.25) is 0 Å². The number of aryl methyl sites for hydroxylation is 2. The van der Waals surface area contributed by atoms with E-state index in [9.17, 15) is 5.26 Å². The second kappa shape index (κ2) is 6.11. The molecule has 0 aliphatic carbocycles. The molecule has 0 amide bonds. The van der Waals surface area contributed by atoms with Gasteiger partial charge in [0.2, 0.25) is 5.36 Å². The Morgan fingerprint density at radius 3 is 2.50 bits per heavy atom. The predicted octanol–water partition coefficient (Wildman–Crippen LogP) is 2.60. The molecule has 0 bridgehead atoms. The zero-order chi connectivity index (χ0) is 19.8. The fraction of sp³-hybridized carbons (Fsp3) is 0.462. The summed E-state index contributed by atoms with van der Waals surface area (Å²) in [6.45, 7) is 4.60. The van der Waals surface area contributed by atoms with Crippen molar-refractivity contribution in [1.82, 2.24) is 4.58 Å². The van der Waals surface area contributed by atoms with E-state index in [4.69, 9.17) is 4.74 Å². The van der Waals surface area contributed by atoms with Gasteiger partial charge in [-0.2, -0.15) is 5.26 Å². The van der Waals surface area contributed by atoms with E-state index >= 15 is 0 Å². The Morgan fingerprint density at radius 1 is 0.867 bits per heavy atom. The summed E-state index contributed by atoms with van der Waals surface area (Å²) in [7, 11) is 0. The van der Waals surface area contributed by atoms with Gasteiger partial charge < -0.3 is 9.64 Å². The van der Waals surface area contributed by atoms with Crippen molar-refractivity contribution in [3.8, 4) is 17.6 Å². The van der Waals surface area contributed by atoms with Gasteiger partial charge in [-0.1, -0.05) is 0 Å². The number of benzene rings is 2. The van der Waals surface area contributed by atoms with Crippen LogP contribution in [0.25, 0.3) is 5.57 Å². The van der Waals surface area contributed by atoms with Crippen molar-refractivity contribution < 1.29 is 4.74 Å². The highest BCUT2D eigenvalue weighted by atomic mass is 16.5. The number of nitriles is 1. The van der Waals surface area contributed by atoms with Gasteiger partial charge in [-0.05, 0) is 56.2 Å². The zero-order valence-corrected chi connectivity index (χ0v) is 17.4. The van der Waals surface area contributed by atoms with Crippen molar-refractivity contribution in [2.45, 2.75) is 51.4 Å². The Morgan fingerprint density at radius 2 is 1.63 bits per heavy atom. The largest absolute Gasteiger partial charge is 0.455 e. The third kappa shape index (κ3) is 2.13. The Hall–Kier alpha value is -2.80. The lowest BCUT2D eigenvalue weighted by atomic mass is 9.85. The Balaban J connectivity index is 1.59. The Kier molecular flexibility index (Phi) is 3.45. The normalized spacial score (nSPS) is 20.4. The van der Waals surface area contributed by atoms with Crippen molar-refractivity contribution in [3.05, 3.63) is 50.5 Å². The highest BCUT2D eigenvalue weighted by Gasteiger charge is 2.35. The molecule has 5 heterocycles. The molecule has 5 aliphatic rings. The number of fused-ring (bicyclic) bond motifs is 4. The average Bonchev–Trinajstić information content (AvgIpc) is 2.79. The summed E-state index contributed by atoms with van der Waals surface area (Å²) in [5.74, 6) is 1.96. The second-order valence-electron chi connectivity index (χ2n) is 9.46. The molecular formula is C26H26N3O+. The molecule has 5 aliphatic heterocycles. The van der Waals surface area contributed by atoms with Gasteiger partial charge >= 0.3 is 0 Å². The molecule has 0 radical (unpaired) electrons. The summed E-state index contributed by atoms with van der Waals surface area (Å²) >= 11 is 0. The molecule has 4 heteroatoms. The summed E-state index contributed by atoms with van der Waals surface area (Å²) in [5, 5.41) is 12.7. The quantitative estimate of drug-likeness (QED) is 0.507. The van der Waals surface area contributed by atoms with Gasteiger partial charge in [0, 0.05) is 53.5 Å². The molecule has 0 saturated heterocycles. The van der Waals surface area contributed by atoms with Gasteiger partial charge in [0.05, 0.1) is 11.1 Å². The van der Waals surface area contributed by atoms with Crippen LogP contribution in [0.15, 0.2) is 12.1 Å². The molecule has 4 nitrogen and oxygen atoms in total. The van der Waals surface area contributed by atoms with Gasteiger partial charge in [0.15, 0.2) is 0 Å². The van der Waals surface area contributed by atoms with E-state index in [1.54, 1.807) is 0 Å². The summed E-state index contributed by atoms with van der Waals surface area (Å²) in [6.07, 6.45) is 9.10. The van der Waals surface area contributed by atoms with E-state index in [1.807, 2.05) is 0 Å². The maximum absolute atomic E-state index is 10.3. The minimum absolute atomic E-state index is 0.828. The van der Waals surface area contributed by atoms with Crippen LogP contribution < -0.4 is 24.8 Å². The molecule has 150 valence electrons. The molecule has 7 rings (SSSR count). The van der Waals surface area contributed by atoms with Crippen LogP contribution in [0.4, 0.5) is 5.69 Å². The van der Waals surface area contributed by atoms with Crippen LogP contribution >= 0.6 is 0 Å². The van der Waals surface area contributed by atoms with E-state index in [0.717, 1.165) is 79.7 Å². The van der Waals surface area contributed by atoms with E-state index in [2.05, 4.69) is 27.7 Å². The topological polar surface area (TPSA) is 39.3 Å². The van der Waals surface area contributed by atoms with Crippen molar-refractivity contribution in [2.75, 3.05) is 31.1 Å². The third-order valence-electron chi connectivity index (χ3n) is 7.80. The first-order chi connectivity index (χ1) is 14.8. The summed E-state index contributed by atoms with van der Waals surface area (Å²) in [5.41, 5.74) is 8.82.